The average Bonchev–Trinajstić information content (AvgIpc) is 3.00. The van der Waals surface area contributed by atoms with Crippen LogP contribution in [0.25, 0.3) is 10.9 Å². The van der Waals surface area contributed by atoms with Crippen LogP contribution in [0.5, 0.6) is 0 Å². The van der Waals surface area contributed by atoms with Gasteiger partial charge in [-0.1, -0.05) is 51.7 Å². The number of ketones is 1. The van der Waals surface area contributed by atoms with Crippen molar-refractivity contribution in [1.29, 1.82) is 0 Å². The summed E-state index contributed by atoms with van der Waals surface area (Å²) in [4.78, 5) is 14.5. The third kappa shape index (κ3) is 5.68. The quantitative estimate of drug-likeness (QED) is 0.297. The molecule has 3 nitrogen and oxygen atoms in total. The molecule has 2 rings (SSSR count). The van der Waals surface area contributed by atoms with E-state index < -0.39 is 0 Å². The average molecular weight is 421 g/mol. The molecule has 0 radical (unpaired) electrons. The Hall–Kier alpha value is -1.13. The number of carbonyl (C=O) groups is 1. The molecule has 0 unspecified atom stereocenters. The predicted molar refractivity (Wildman–Crippen MR) is 115 cm³/mol. The third-order valence-electron chi connectivity index (χ3n) is 5.13. The summed E-state index contributed by atoms with van der Waals surface area (Å²) in [5.74, 6) is 0.133. The zero-order chi connectivity index (χ0) is 18.9. The molecule has 0 saturated carbocycles. The highest BCUT2D eigenvalue weighted by molar-refractivity contribution is 9.10. The highest BCUT2D eigenvalue weighted by Gasteiger charge is 2.14. The smallest absolute Gasteiger partial charge is 0.161 e. The lowest BCUT2D eigenvalue weighted by atomic mass is 10.1. The van der Waals surface area contributed by atoms with Crippen molar-refractivity contribution in [2.75, 3.05) is 19.6 Å². The number of aromatic nitrogens is 1. The topological polar surface area (TPSA) is 25.2 Å². The number of carbonyl (C=O) groups excluding carboxylic acids is 1. The first-order valence-corrected chi connectivity index (χ1v) is 10.9. The lowest BCUT2D eigenvalue weighted by molar-refractivity contribution is 0.101. The Kier molecular flexibility index (Phi) is 8.86. The van der Waals surface area contributed by atoms with Gasteiger partial charge >= 0.3 is 0 Å². The molecule has 0 spiro atoms. The largest absolute Gasteiger partial charge is 0.346 e. The summed E-state index contributed by atoms with van der Waals surface area (Å²) in [6, 6.07) is 6.10. The first-order chi connectivity index (χ1) is 12.6. The van der Waals surface area contributed by atoms with Crippen molar-refractivity contribution in [3.8, 4) is 0 Å². The van der Waals surface area contributed by atoms with Crippen LogP contribution in [0.1, 0.15) is 69.7 Å². The number of Topliss-reactive ketones (excluding diaryl/α,β-unsaturated/α-hetero) is 1. The van der Waals surface area contributed by atoms with E-state index in [2.05, 4.69) is 45.3 Å². The molecule has 0 saturated heterocycles. The summed E-state index contributed by atoms with van der Waals surface area (Å²) in [7, 11) is 0. The van der Waals surface area contributed by atoms with Crippen LogP contribution in [0.15, 0.2) is 28.9 Å². The second kappa shape index (κ2) is 10.9. The minimum atomic E-state index is 0.133. The zero-order valence-corrected chi connectivity index (χ0v) is 18.1. The Balaban J connectivity index is 1.93. The number of unbranched alkanes of at least 4 members (excludes halogenated alkanes) is 4. The molecule has 144 valence electrons. The summed E-state index contributed by atoms with van der Waals surface area (Å²) in [6.07, 6.45) is 9.82. The van der Waals surface area contributed by atoms with Gasteiger partial charge in [0.05, 0.1) is 5.52 Å². The minimum absolute atomic E-state index is 0.133. The van der Waals surface area contributed by atoms with Gasteiger partial charge in [0, 0.05) is 28.2 Å². The molecule has 1 heterocycles. The lowest BCUT2D eigenvalue weighted by Gasteiger charge is -2.20. The molecular formula is C22H33BrN2O. The van der Waals surface area contributed by atoms with Crippen molar-refractivity contribution in [2.45, 2.75) is 65.8 Å². The van der Waals surface area contributed by atoms with Gasteiger partial charge in [0.1, 0.15) is 0 Å². The van der Waals surface area contributed by atoms with Crippen molar-refractivity contribution < 1.29 is 4.79 Å². The number of benzene rings is 1. The Morgan fingerprint density at radius 2 is 1.81 bits per heavy atom. The van der Waals surface area contributed by atoms with Crippen LogP contribution >= 0.6 is 15.9 Å². The first kappa shape index (κ1) is 21.2. The van der Waals surface area contributed by atoms with Crippen molar-refractivity contribution in [2.24, 2.45) is 0 Å². The number of aryl methyl sites for hydroxylation is 1. The van der Waals surface area contributed by atoms with Crippen LogP contribution in [-0.4, -0.2) is 34.9 Å². The van der Waals surface area contributed by atoms with Crippen molar-refractivity contribution in [1.82, 2.24) is 9.47 Å². The number of halogens is 1. The number of para-hydroxylation sites is 1. The normalized spacial score (nSPS) is 11.6. The monoisotopic (exact) mass is 420 g/mol. The molecule has 26 heavy (non-hydrogen) atoms. The van der Waals surface area contributed by atoms with Gasteiger partial charge in [0.2, 0.25) is 0 Å². The minimum Gasteiger partial charge on any atom is -0.346 e. The van der Waals surface area contributed by atoms with E-state index in [9.17, 15) is 4.79 Å². The van der Waals surface area contributed by atoms with Crippen molar-refractivity contribution in [3.63, 3.8) is 0 Å². The second-order valence-electron chi connectivity index (χ2n) is 7.13. The van der Waals surface area contributed by atoms with E-state index in [1.54, 1.807) is 6.92 Å². The summed E-state index contributed by atoms with van der Waals surface area (Å²) >= 11 is 3.66. The van der Waals surface area contributed by atoms with E-state index in [4.69, 9.17) is 0 Å². The Morgan fingerprint density at radius 1 is 1.08 bits per heavy atom. The lowest BCUT2D eigenvalue weighted by Crippen LogP contribution is -2.26. The van der Waals surface area contributed by atoms with E-state index in [1.165, 1.54) is 38.6 Å². The Bertz CT molecular complexity index is 707. The fourth-order valence-electron chi connectivity index (χ4n) is 3.60. The van der Waals surface area contributed by atoms with E-state index in [0.29, 0.717) is 0 Å². The van der Waals surface area contributed by atoms with Crippen molar-refractivity contribution in [3.05, 3.63) is 34.4 Å². The van der Waals surface area contributed by atoms with Gasteiger partial charge in [-0.25, -0.2) is 0 Å². The summed E-state index contributed by atoms with van der Waals surface area (Å²) in [5.41, 5.74) is 1.96. The molecule has 0 aliphatic rings. The van der Waals surface area contributed by atoms with Crippen LogP contribution in [0.2, 0.25) is 0 Å². The standard InChI is InChI=1S/C22H33BrN2O/c1-4-6-7-8-9-14-24(5-2)15-11-16-25-17-20(18(3)26)19-12-10-13-21(23)22(19)25/h10,12-13,17H,4-9,11,14-16H2,1-3H3. The van der Waals surface area contributed by atoms with Gasteiger partial charge < -0.3 is 9.47 Å². The molecular weight excluding hydrogens is 388 g/mol. The third-order valence-corrected chi connectivity index (χ3v) is 5.77. The maximum atomic E-state index is 12.0. The first-order valence-electron chi connectivity index (χ1n) is 10.1. The van der Waals surface area contributed by atoms with Crippen LogP contribution in [0.4, 0.5) is 0 Å². The molecule has 0 atom stereocenters. The van der Waals surface area contributed by atoms with Crippen LogP contribution in [0, 0.1) is 0 Å². The molecule has 1 aromatic carbocycles. The van der Waals surface area contributed by atoms with Gasteiger partial charge in [0.15, 0.2) is 5.78 Å². The molecule has 0 amide bonds. The molecule has 4 heteroatoms. The molecule has 1 aromatic heterocycles. The van der Waals surface area contributed by atoms with Gasteiger partial charge in [0.25, 0.3) is 0 Å². The second-order valence-corrected chi connectivity index (χ2v) is 7.98. The number of hydrogen-bond donors (Lipinski definition) is 0. The van der Waals surface area contributed by atoms with Crippen LogP contribution in [-0.2, 0) is 6.54 Å². The summed E-state index contributed by atoms with van der Waals surface area (Å²) < 4.78 is 3.30. The fourth-order valence-corrected chi connectivity index (χ4v) is 4.20. The molecule has 0 fully saturated rings. The van der Waals surface area contributed by atoms with Gasteiger partial charge in [-0.15, -0.1) is 0 Å². The molecule has 0 N–H and O–H groups in total. The van der Waals surface area contributed by atoms with E-state index in [-0.39, 0.29) is 5.78 Å². The van der Waals surface area contributed by atoms with Gasteiger partial charge in [-0.2, -0.15) is 0 Å². The maximum absolute atomic E-state index is 12.0. The molecule has 0 aliphatic heterocycles. The SMILES string of the molecule is CCCCCCCN(CC)CCCn1cc(C(C)=O)c2cccc(Br)c21. The maximum Gasteiger partial charge on any atom is 0.161 e. The number of rotatable bonds is 12. The fraction of sp³-hybridized carbons (Fsp3) is 0.591. The van der Waals surface area contributed by atoms with E-state index >= 15 is 0 Å². The van der Waals surface area contributed by atoms with Gasteiger partial charge in [-0.3, -0.25) is 4.79 Å². The van der Waals surface area contributed by atoms with E-state index in [1.807, 2.05) is 18.3 Å². The van der Waals surface area contributed by atoms with Crippen molar-refractivity contribution >= 4 is 32.6 Å². The molecule has 0 bridgehead atoms. The number of nitrogens with zero attached hydrogens (tertiary/aromatic N) is 2. The molecule has 0 aliphatic carbocycles. The Labute approximate surface area is 166 Å². The Morgan fingerprint density at radius 3 is 2.50 bits per heavy atom. The molecule has 2 aromatic rings. The van der Waals surface area contributed by atoms with Gasteiger partial charge in [-0.05, 0) is 61.4 Å². The van der Waals surface area contributed by atoms with E-state index in [0.717, 1.165) is 47.0 Å². The number of hydrogen-bond acceptors (Lipinski definition) is 2. The van der Waals surface area contributed by atoms with Crippen LogP contribution in [0.3, 0.4) is 0 Å². The highest BCUT2D eigenvalue weighted by Crippen LogP contribution is 2.29. The summed E-state index contributed by atoms with van der Waals surface area (Å²) in [5, 5.41) is 1.05. The highest BCUT2D eigenvalue weighted by atomic mass is 79.9. The zero-order valence-electron chi connectivity index (χ0n) is 16.6. The predicted octanol–water partition coefficient (Wildman–Crippen LogP) is 6.29. The summed E-state index contributed by atoms with van der Waals surface area (Å²) in [6.45, 7) is 10.5. The number of fused-ring (bicyclic) bond motifs is 1. The van der Waals surface area contributed by atoms with Crippen LogP contribution < -0.4 is 0 Å².